The van der Waals surface area contributed by atoms with Crippen LogP contribution in [0.1, 0.15) is 5.69 Å². The first kappa shape index (κ1) is 12.1. The smallest absolute Gasteiger partial charge is 0.164 e. The summed E-state index contributed by atoms with van der Waals surface area (Å²) in [7, 11) is 0. The molecule has 1 aliphatic heterocycles. The summed E-state index contributed by atoms with van der Waals surface area (Å²) < 4.78 is 0. The molecule has 3 aromatic heterocycles. The molecule has 2 N–H and O–H groups in total. The van der Waals surface area contributed by atoms with Crippen LogP contribution in [0.2, 0.25) is 0 Å². The molecule has 0 atom stereocenters. The predicted octanol–water partition coefficient (Wildman–Crippen LogP) is 1.39. The number of pyridine rings is 2. The number of aromatic nitrogens is 3. The van der Waals surface area contributed by atoms with Crippen molar-refractivity contribution < 1.29 is 0 Å². The van der Waals surface area contributed by atoms with E-state index in [9.17, 15) is 5.26 Å². The van der Waals surface area contributed by atoms with Gasteiger partial charge in [0.05, 0.1) is 17.4 Å². The molecule has 21 heavy (non-hydrogen) atoms. The number of nitrogens with zero attached hydrogens (tertiary/aromatic N) is 4. The van der Waals surface area contributed by atoms with E-state index in [2.05, 4.69) is 31.2 Å². The van der Waals surface area contributed by atoms with Gasteiger partial charge in [-0.2, -0.15) is 5.26 Å². The molecule has 104 valence electrons. The Balaban J connectivity index is 2.07. The molecule has 6 nitrogen and oxygen atoms in total. The second-order valence-electron chi connectivity index (χ2n) is 5.12. The monoisotopic (exact) mass is 278 g/mol. The van der Waals surface area contributed by atoms with E-state index in [1.54, 1.807) is 12.4 Å². The summed E-state index contributed by atoms with van der Waals surface area (Å²) in [6, 6.07) is 6.19. The SMILES string of the molecule is N#Cc1ncc2[nH]c3ncccc3c2c1N1CCNCC1. The van der Waals surface area contributed by atoms with Crippen molar-refractivity contribution in [2.45, 2.75) is 0 Å². The predicted molar refractivity (Wildman–Crippen MR) is 81.2 cm³/mol. The Hall–Kier alpha value is -2.65. The van der Waals surface area contributed by atoms with Gasteiger partial charge in [-0.25, -0.2) is 9.97 Å². The minimum absolute atomic E-state index is 0.481. The average molecular weight is 278 g/mol. The Labute approximate surface area is 121 Å². The fourth-order valence-electron chi connectivity index (χ4n) is 2.98. The van der Waals surface area contributed by atoms with Gasteiger partial charge in [0.15, 0.2) is 5.69 Å². The summed E-state index contributed by atoms with van der Waals surface area (Å²) in [4.78, 5) is 14.2. The van der Waals surface area contributed by atoms with E-state index in [4.69, 9.17) is 0 Å². The number of nitriles is 1. The molecule has 1 aliphatic rings. The zero-order valence-electron chi connectivity index (χ0n) is 11.4. The molecule has 4 heterocycles. The molecule has 1 fully saturated rings. The molecular formula is C15H14N6. The van der Waals surface area contributed by atoms with Crippen LogP contribution in [0.4, 0.5) is 5.69 Å². The van der Waals surface area contributed by atoms with Crippen molar-refractivity contribution in [3.63, 3.8) is 0 Å². The molecule has 3 aromatic rings. The van der Waals surface area contributed by atoms with Gasteiger partial charge in [0, 0.05) is 43.1 Å². The van der Waals surface area contributed by atoms with Crippen molar-refractivity contribution in [2.75, 3.05) is 31.1 Å². The van der Waals surface area contributed by atoms with Crippen molar-refractivity contribution in [3.05, 3.63) is 30.2 Å². The lowest BCUT2D eigenvalue weighted by atomic mass is 10.1. The summed E-state index contributed by atoms with van der Waals surface area (Å²) in [5, 5.41) is 14.9. The van der Waals surface area contributed by atoms with Gasteiger partial charge in [-0.15, -0.1) is 0 Å². The summed E-state index contributed by atoms with van der Waals surface area (Å²) in [5.41, 5.74) is 3.17. The van der Waals surface area contributed by atoms with E-state index in [-0.39, 0.29) is 0 Å². The lowest BCUT2D eigenvalue weighted by Gasteiger charge is -2.30. The Bertz CT molecular complexity index is 854. The first-order chi connectivity index (χ1) is 10.4. The van der Waals surface area contributed by atoms with Crippen molar-refractivity contribution in [1.29, 1.82) is 5.26 Å². The van der Waals surface area contributed by atoms with E-state index in [1.165, 1.54) is 0 Å². The number of fused-ring (bicyclic) bond motifs is 3. The zero-order valence-corrected chi connectivity index (χ0v) is 11.4. The van der Waals surface area contributed by atoms with Crippen LogP contribution in [0.25, 0.3) is 21.9 Å². The number of piperazine rings is 1. The molecule has 0 amide bonds. The first-order valence-corrected chi connectivity index (χ1v) is 6.99. The second-order valence-corrected chi connectivity index (χ2v) is 5.12. The van der Waals surface area contributed by atoms with Crippen LogP contribution >= 0.6 is 0 Å². The van der Waals surface area contributed by atoms with Gasteiger partial charge >= 0.3 is 0 Å². The summed E-state index contributed by atoms with van der Waals surface area (Å²) in [5.74, 6) is 0. The minimum Gasteiger partial charge on any atom is -0.366 e. The second kappa shape index (κ2) is 4.72. The maximum atomic E-state index is 9.44. The normalized spacial score (nSPS) is 15.5. The Morgan fingerprint density at radius 1 is 1.24 bits per heavy atom. The quantitative estimate of drug-likeness (QED) is 0.703. The molecule has 1 saturated heterocycles. The largest absolute Gasteiger partial charge is 0.366 e. The topological polar surface area (TPSA) is 80.6 Å². The average Bonchev–Trinajstić information content (AvgIpc) is 2.93. The highest BCUT2D eigenvalue weighted by Crippen LogP contribution is 2.34. The fraction of sp³-hybridized carbons (Fsp3) is 0.267. The first-order valence-electron chi connectivity index (χ1n) is 6.99. The molecule has 6 heteroatoms. The molecule has 0 unspecified atom stereocenters. The van der Waals surface area contributed by atoms with Crippen LogP contribution in [0.3, 0.4) is 0 Å². The maximum Gasteiger partial charge on any atom is 0.164 e. The van der Waals surface area contributed by atoms with Crippen molar-refractivity contribution in [3.8, 4) is 6.07 Å². The number of H-pyrrole nitrogens is 1. The summed E-state index contributed by atoms with van der Waals surface area (Å²) in [6.07, 6.45) is 3.49. The van der Waals surface area contributed by atoms with Gasteiger partial charge in [0.25, 0.3) is 0 Å². The van der Waals surface area contributed by atoms with E-state index >= 15 is 0 Å². The summed E-state index contributed by atoms with van der Waals surface area (Å²) in [6.45, 7) is 3.59. The number of aromatic amines is 1. The Morgan fingerprint density at radius 2 is 2.10 bits per heavy atom. The summed E-state index contributed by atoms with van der Waals surface area (Å²) >= 11 is 0. The van der Waals surface area contributed by atoms with E-state index in [0.717, 1.165) is 53.8 Å². The fourth-order valence-corrected chi connectivity index (χ4v) is 2.98. The van der Waals surface area contributed by atoms with Crippen LogP contribution in [0, 0.1) is 11.3 Å². The highest BCUT2D eigenvalue weighted by Gasteiger charge is 2.21. The number of nitrogens with one attached hydrogen (secondary N) is 2. The van der Waals surface area contributed by atoms with Gasteiger partial charge < -0.3 is 15.2 Å². The van der Waals surface area contributed by atoms with Gasteiger partial charge in [0.2, 0.25) is 0 Å². The van der Waals surface area contributed by atoms with Crippen LogP contribution in [-0.2, 0) is 0 Å². The van der Waals surface area contributed by atoms with Gasteiger partial charge in [-0.05, 0) is 12.1 Å². The zero-order chi connectivity index (χ0) is 14.2. The standard InChI is InChI=1S/C15H14N6/c16-8-11-14(21-6-4-17-5-7-21)13-10-2-1-3-18-15(10)20-12(13)9-19-11/h1-3,9,17H,4-7H2,(H,18,20). The van der Waals surface area contributed by atoms with Crippen molar-refractivity contribution in [1.82, 2.24) is 20.3 Å². The van der Waals surface area contributed by atoms with Gasteiger partial charge in [-0.3, -0.25) is 0 Å². The lowest BCUT2D eigenvalue weighted by Crippen LogP contribution is -2.44. The van der Waals surface area contributed by atoms with Gasteiger partial charge in [0.1, 0.15) is 11.7 Å². The van der Waals surface area contributed by atoms with Crippen LogP contribution in [0.15, 0.2) is 24.5 Å². The highest BCUT2D eigenvalue weighted by molar-refractivity contribution is 6.13. The van der Waals surface area contributed by atoms with E-state index in [1.807, 2.05) is 12.1 Å². The molecule has 0 aliphatic carbocycles. The van der Waals surface area contributed by atoms with Crippen molar-refractivity contribution in [2.24, 2.45) is 0 Å². The van der Waals surface area contributed by atoms with Crippen LogP contribution in [-0.4, -0.2) is 41.1 Å². The van der Waals surface area contributed by atoms with Gasteiger partial charge in [-0.1, -0.05) is 0 Å². The number of hydrogen-bond donors (Lipinski definition) is 2. The molecule has 0 bridgehead atoms. The van der Waals surface area contributed by atoms with E-state index in [0.29, 0.717) is 5.69 Å². The third-order valence-corrected chi connectivity index (χ3v) is 3.92. The van der Waals surface area contributed by atoms with Crippen molar-refractivity contribution >= 4 is 27.6 Å². The Morgan fingerprint density at radius 3 is 2.90 bits per heavy atom. The number of rotatable bonds is 1. The molecular weight excluding hydrogens is 264 g/mol. The third-order valence-electron chi connectivity index (χ3n) is 3.92. The lowest BCUT2D eigenvalue weighted by molar-refractivity contribution is 0.589. The molecule has 0 saturated carbocycles. The minimum atomic E-state index is 0.481. The molecule has 0 radical (unpaired) electrons. The van der Waals surface area contributed by atoms with E-state index < -0.39 is 0 Å². The van der Waals surface area contributed by atoms with Crippen LogP contribution in [0.5, 0.6) is 0 Å². The van der Waals surface area contributed by atoms with Crippen LogP contribution < -0.4 is 10.2 Å². The highest BCUT2D eigenvalue weighted by atomic mass is 15.2. The third kappa shape index (κ3) is 1.82. The Kier molecular flexibility index (Phi) is 2.72. The molecule has 4 rings (SSSR count). The number of hydrogen-bond acceptors (Lipinski definition) is 5. The number of anilines is 1. The maximum absolute atomic E-state index is 9.44. The molecule has 0 aromatic carbocycles. The molecule has 0 spiro atoms.